The SMILES string of the molecule is Cc1ccc2cc(C#N)c(=O)n(C)c2c1. The molecular formula is C12H10N2O. The molecule has 0 unspecified atom stereocenters. The first-order valence-electron chi connectivity index (χ1n) is 4.64. The van der Waals surface area contributed by atoms with Gasteiger partial charge in [0, 0.05) is 7.05 Å². The van der Waals surface area contributed by atoms with Crippen LogP contribution in [0.5, 0.6) is 0 Å². The molecule has 3 nitrogen and oxygen atoms in total. The maximum absolute atomic E-state index is 11.7. The molecule has 0 aliphatic rings. The fraction of sp³-hybridized carbons (Fsp3) is 0.167. The van der Waals surface area contributed by atoms with E-state index in [1.165, 1.54) is 4.57 Å². The van der Waals surface area contributed by atoms with Gasteiger partial charge in [0.15, 0.2) is 0 Å². The van der Waals surface area contributed by atoms with Crippen molar-refractivity contribution in [2.45, 2.75) is 6.92 Å². The van der Waals surface area contributed by atoms with Gasteiger partial charge in [0.1, 0.15) is 11.6 Å². The van der Waals surface area contributed by atoms with Gasteiger partial charge in [-0.15, -0.1) is 0 Å². The normalized spacial score (nSPS) is 10.2. The number of nitrogens with zero attached hydrogens (tertiary/aromatic N) is 2. The molecule has 0 fully saturated rings. The zero-order valence-electron chi connectivity index (χ0n) is 8.61. The Bertz CT molecular complexity index is 632. The number of hydrogen-bond acceptors (Lipinski definition) is 2. The first-order chi connectivity index (χ1) is 7.13. The highest BCUT2D eigenvalue weighted by molar-refractivity contribution is 5.80. The van der Waals surface area contributed by atoms with Crippen LogP contribution in [0.15, 0.2) is 29.1 Å². The molecule has 3 heteroatoms. The van der Waals surface area contributed by atoms with Crippen LogP contribution in [0.4, 0.5) is 0 Å². The molecule has 2 aromatic rings. The van der Waals surface area contributed by atoms with Gasteiger partial charge in [-0.05, 0) is 30.0 Å². The van der Waals surface area contributed by atoms with E-state index in [9.17, 15) is 4.79 Å². The Morgan fingerprint density at radius 1 is 1.33 bits per heavy atom. The highest BCUT2D eigenvalue weighted by atomic mass is 16.1. The third-order valence-corrected chi connectivity index (χ3v) is 2.50. The summed E-state index contributed by atoms with van der Waals surface area (Å²) in [6.07, 6.45) is 0. The average molecular weight is 198 g/mol. The minimum absolute atomic E-state index is 0.189. The smallest absolute Gasteiger partial charge is 0.268 e. The standard InChI is InChI=1S/C12H10N2O/c1-8-3-4-9-6-10(7-13)12(15)14(2)11(9)5-8/h3-6H,1-2H3. The maximum atomic E-state index is 11.7. The molecule has 2 rings (SSSR count). The van der Waals surface area contributed by atoms with E-state index in [1.54, 1.807) is 13.1 Å². The lowest BCUT2D eigenvalue weighted by molar-refractivity contribution is 0.900. The predicted molar refractivity (Wildman–Crippen MR) is 58.6 cm³/mol. The molecule has 0 spiro atoms. The molecule has 0 aliphatic heterocycles. The zero-order chi connectivity index (χ0) is 11.0. The van der Waals surface area contributed by atoms with E-state index < -0.39 is 0 Å². The Labute approximate surface area is 87.2 Å². The molecule has 74 valence electrons. The molecule has 0 atom stereocenters. The van der Waals surface area contributed by atoms with Crippen molar-refractivity contribution in [3.63, 3.8) is 0 Å². The van der Waals surface area contributed by atoms with E-state index in [0.717, 1.165) is 16.5 Å². The summed E-state index contributed by atoms with van der Waals surface area (Å²) < 4.78 is 1.51. The van der Waals surface area contributed by atoms with Crippen molar-refractivity contribution in [1.82, 2.24) is 4.57 Å². The molecule has 0 amide bonds. The molecule has 0 aliphatic carbocycles. The van der Waals surface area contributed by atoms with Crippen LogP contribution < -0.4 is 5.56 Å². The van der Waals surface area contributed by atoms with Crippen LogP contribution in [0.1, 0.15) is 11.1 Å². The molecule has 0 N–H and O–H groups in total. The first kappa shape index (κ1) is 9.47. The number of aromatic nitrogens is 1. The van der Waals surface area contributed by atoms with E-state index in [-0.39, 0.29) is 11.1 Å². The van der Waals surface area contributed by atoms with Gasteiger partial charge in [0.2, 0.25) is 0 Å². The minimum atomic E-state index is -0.240. The largest absolute Gasteiger partial charge is 0.310 e. The van der Waals surface area contributed by atoms with Crippen molar-refractivity contribution >= 4 is 10.9 Å². The van der Waals surface area contributed by atoms with Crippen molar-refractivity contribution in [3.05, 3.63) is 45.7 Å². The Hall–Kier alpha value is -2.08. The van der Waals surface area contributed by atoms with Crippen LogP contribution in [-0.2, 0) is 7.05 Å². The molecule has 1 aromatic carbocycles. The van der Waals surface area contributed by atoms with Gasteiger partial charge in [-0.1, -0.05) is 12.1 Å². The van der Waals surface area contributed by atoms with Crippen molar-refractivity contribution in [3.8, 4) is 6.07 Å². The topological polar surface area (TPSA) is 45.8 Å². The van der Waals surface area contributed by atoms with Crippen LogP contribution in [0.3, 0.4) is 0 Å². The summed E-state index contributed by atoms with van der Waals surface area (Å²) in [4.78, 5) is 11.7. The molecule has 0 saturated carbocycles. The lowest BCUT2D eigenvalue weighted by Crippen LogP contribution is -2.19. The van der Waals surface area contributed by atoms with Crippen molar-refractivity contribution in [2.24, 2.45) is 7.05 Å². The summed E-state index contributed by atoms with van der Waals surface area (Å²) >= 11 is 0. The number of hydrogen-bond donors (Lipinski definition) is 0. The van der Waals surface area contributed by atoms with Crippen molar-refractivity contribution < 1.29 is 0 Å². The fourth-order valence-corrected chi connectivity index (χ4v) is 1.65. The summed E-state index contributed by atoms with van der Waals surface area (Å²) in [5, 5.41) is 9.71. The van der Waals surface area contributed by atoms with Gasteiger partial charge in [-0.2, -0.15) is 5.26 Å². The second-order valence-corrected chi connectivity index (χ2v) is 3.60. The minimum Gasteiger partial charge on any atom is -0.310 e. The Morgan fingerprint density at radius 2 is 2.07 bits per heavy atom. The van der Waals surface area contributed by atoms with E-state index in [4.69, 9.17) is 5.26 Å². The van der Waals surface area contributed by atoms with E-state index in [0.29, 0.717) is 0 Å². The number of fused-ring (bicyclic) bond motifs is 1. The third kappa shape index (κ3) is 1.40. The lowest BCUT2D eigenvalue weighted by Gasteiger charge is -2.05. The van der Waals surface area contributed by atoms with Crippen molar-refractivity contribution in [1.29, 1.82) is 5.26 Å². The van der Waals surface area contributed by atoms with Gasteiger partial charge in [-0.25, -0.2) is 0 Å². The van der Waals surface area contributed by atoms with Gasteiger partial charge >= 0.3 is 0 Å². The van der Waals surface area contributed by atoms with Gasteiger partial charge in [0.25, 0.3) is 5.56 Å². The van der Waals surface area contributed by atoms with Crippen LogP contribution in [0.2, 0.25) is 0 Å². The Kier molecular flexibility index (Phi) is 2.05. The predicted octanol–water partition coefficient (Wildman–Crippen LogP) is 1.72. The summed E-state index contributed by atoms with van der Waals surface area (Å²) in [5.41, 5.74) is 1.91. The average Bonchev–Trinajstić information content (AvgIpc) is 2.24. The van der Waals surface area contributed by atoms with Gasteiger partial charge < -0.3 is 4.57 Å². The van der Waals surface area contributed by atoms with E-state index in [1.807, 2.05) is 31.2 Å². The summed E-state index contributed by atoms with van der Waals surface area (Å²) in [7, 11) is 1.69. The first-order valence-corrected chi connectivity index (χ1v) is 4.64. The highest BCUT2D eigenvalue weighted by Crippen LogP contribution is 2.14. The molecule has 0 saturated heterocycles. The second kappa shape index (κ2) is 3.25. The van der Waals surface area contributed by atoms with Crippen LogP contribution in [0.25, 0.3) is 10.9 Å². The molecule has 1 aromatic heterocycles. The molecule has 0 radical (unpaired) electrons. The maximum Gasteiger partial charge on any atom is 0.268 e. The third-order valence-electron chi connectivity index (χ3n) is 2.50. The van der Waals surface area contributed by atoms with Gasteiger partial charge in [0.05, 0.1) is 5.52 Å². The molecule has 1 heterocycles. The summed E-state index contributed by atoms with van der Waals surface area (Å²) in [6, 6.07) is 9.38. The van der Waals surface area contributed by atoms with Crippen LogP contribution in [-0.4, -0.2) is 4.57 Å². The number of benzene rings is 1. The number of aryl methyl sites for hydroxylation is 2. The highest BCUT2D eigenvalue weighted by Gasteiger charge is 2.05. The zero-order valence-corrected chi connectivity index (χ0v) is 8.61. The second-order valence-electron chi connectivity index (χ2n) is 3.60. The lowest BCUT2D eigenvalue weighted by atomic mass is 10.1. The fourth-order valence-electron chi connectivity index (χ4n) is 1.65. The Morgan fingerprint density at radius 3 is 2.73 bits per heavy atom. The van der Waals surface area contributed by atoms with Crippen LogP contribution >= 0.6 is 0 Å². The molecule has 15 heavy (non-hydrogen) atoms. The summed E-state index contributed by atoms with van der Waals surface area (Å²) in [6.45, 7) is 1.97. The quantitative estimate of drug-likeness (QED) is 0.647. The van der Waals surface area contributed by atoms with Crippen molar-refractivity contribution in [2.75, 3.05) is 0 Å². The Balaban J connectivity index is 2.99. The number of rotatable bonds is 0. The number of nitriles is 1. The van der Waals surface area contributed by atoms with Gasteiger partial charge in [-0.3, -0.25) is 4.79 Å². The van der Waals surface area contributed by atoms with Crippen LogP contribution in [0, 0.1) is 18.3 Å². The molecular weight excluding hydrogens is 188 g/mol. The molecule has 0 bridgehead atoms. The van der Waals surface area contributed by atoms with E-state index in [2.05, 4.69) is 0 Å². The monoisotopic (exact) mass is 198 g/mol. The van der Waals surface area contributed by atoms with E-state index >= 15 is 0 Å². The number of pyridine rings is 1. The summed E-state index contributed by atoms with van der Waals surface area (Å²) in [5.74, 6) is 0.